The summed E-state index contributed by atoms with van der Waals surface area (Å²) in [5, 5.41) is 3.42. The van der Waals surface area contributed by atoms with Crippen LogP contribution in [-0.4, -0.2) is 52.2 Å². The summed E-state index contributed by atoms with van der Waals surface area (Å²) in [7, 11) is 1.70. The Morgan fingerprint density at radius 1 is 1.06 bits per heavy atom. The lowest BCUT2D eigenvalue weighted by Gasteiger charge is -2.23. The van der Waals surface area contributed by atoms with Crippen molar-refractivity contribution in [1.82, 2.24) is 5.32 Å². The van der Waals surface area contributed by atoms with E-state index in [4.69, 9.17) is 14.2 Å². The van der Waals surface area contributed by atoms with Gasteiger partial charge in [-0.2, -0.15) is 0 Å². The highest BCUT2D eigenvalue weighted by molar-refractivity contribution is 4.71. The van der Waals surface area contributed by atoms with Crippen LogP contribution < -0.4 is 5.32 Å². The Labute approximate surface area is 106 Å². The minimum absolute atomic E-state index is 0.238. The zero-order valence-corrected chi connectivity index (χ0v) is 11.8. The second-order valence-corrected chi connectivity index (χ2v) is 4.11. The average Bonchev–Trinajstić information content (AvgIpc) is 2.34. The summed E-state index contributed by atoms with van der Waals surface area (Å²) in [4.78, 5) is 0. The first-order valence-electron chi connectivity index (χ1n) is 6.67. The molecule has 0 rings (SSSR count). The van der Waals surface area contributed by atoms with Crippen molar-refractivity contribution in [3.63, 3.8) is 0 Å². The quantitative estimate of drug-likeness (QED) is 0.534. The van der Waals surface area contributed by atoms with Crippen LogP contribution in [0.3, 0.4) is 0 Å². The Kier molecular flexibility index (Phi) is 12.2. The monoisotopic (exact) mass is 247 g/mol. The molecule has 0 aromatic carbocycles. The van der Waals surface area contributed by atoms with Crippen LogP contribution in [-0.2, 0) is 14.2 Å². The Balaban J connectivity index is 3.39. The second kappa shape index (κ2) is 12.3. The number of hydrogen-bond donors (Lipinski definition) is 1. The molecule has 0 aliphatic rings. The largest absolute Gasteiger partial charge is 0.385 e. The molecule has 0 aliphatic heterocycles. The van der Waals surface area contributed by atoms with Crippen LogP contribution in [0.25, 0.3) is 0 Å². The van der Waals surface area contributed by atoms with Gasteiger partial charge in [0.25, 0.3) is 0 Å². The van der Waals surface area contributed by atoms with Crippen LogP contribution in [0, 0.1) is 0 Å². The maximum absolute atomic E-state index is 5.74. The Morgan fingerprint density at radius 3 is 2.41 bits per heavy atom. The van der Waals surface area contributed by atoms with Crippen LogP contribution in [0.5, 0.6) is 0 Å². The van der Waals surface area contributed by atoms with E-state index in [2.05, 4.69) is 26.1 Å². The maximum Gasteiger partial charge on any atom is 0.0704 e. The van der Waals surface area contributed by atoms with Gasteiger partial charge < -0.3 is 19.5 Å². The summed E-state index contributed by atoms with van der Waals surface area (Å²) >= 11 is 0. The molecule has 0 aliphatic carbocycles. The highest BCUT2D eigenvalue weighted by atomic mass is 16.5. The van der Waals surface area contributed by atoms with Gasteiger partial charge in [0.05, 0.1) is 19.3 Å². The van der Waals surface area contributed by atoms with Gasteiger partial charge in [-0.1, -0.05) is 13.8 Å². The third kappa shape index (κ3) is 9.53. The molecule has 0 saturated carbocycles. The van der Waals surface area contributed by atoms with Gasteiger partial charge in [0, 0.05) is 26.4 Å². The van der Waals surface area contributed by atoms with Gasteiger partial charge in [-0.05, 0) is 26.3 Å². The minimum Gasteiger partial charge on any atom is -0.385 e. The molecule has 17 heavy (non-hydrogen) atoms. The van der Waals surface area contributed by atoms with Crippen molar-refractivity contribution < 1.29 is 14.2 Å². The van der Waals surface area contributed by atoms with Gasteiger partial charge in [-0.3, -0.25) is 0 Å². The molecule has 0 bridgehead atoms. The topological polar surface area (TPSA) is 39.7 Å². The zero-order valence-electron chi connectivity index (χ0n) is 11.8. The summed E-state index contributed by atoms with van der Waals surface area (Å²) < 4.78 is 16.1. The first-order valence-corrected chi connectivity index (χ1v) is 6.67. The zero-order chi connectivity index (χ0) is 12.9. The second-order valence-electron chi connectivity index (χ2n) is 4.11. The summed E-state index contributed by atoms with van der Waals surface area (Å²) in [5.41, 5.74) is 0. The molecule has 2 atom stereocenters. The van der Waals surface area contributed by atoms with Gasteiger partial charge in [0.2, 0.25) is 0 Å². The lowest BCUT2D eigenvalue weighted by Crippen LogP contribution is -2.39. The van der Waals surface area contributed by atoms with Crippen molar-refractivity contribution >= 4 is 0 Å². The molecule has 0 aromatic heterocycles. The summed E-state index contributed by atoms with van der Waals surface area (Å²) in [6.07, 6.45) is 2.27. The lowest BCUT2D eigenvalue weighted by atomic mass is 10.1. The average molecular weight is 247 g/mol. The van der Waals surface area contributed by atoms with Crippen LogP contribution in [0.1, 0.15) is 33.6 Å². The van der Waals surface area contributed by atoms with Crippen molar-refractivity contribution in [2.24, 2.45) is 0 Å². The third-order valence-electron chi connectivity index (χ3n) is 2.72. The van der Waals surface area contributed by atoms with Crippen molar-refractivity contribution in [2.45, 2.75) is 45.8 Å². The highest BCUT2D eigenvalue weighted by Crippen LogP contribution is 2.02. The number of methoxy groups -OCH3 is 1. The third-order valence-corrected chi connectivity index (χ3v) is 2.72. The predicted molar refractivity (Wildman–Crippen MR) is 70.5 cm³/mol. The van der Waals surface area contributed by atoms with E-state index in [1.54, 1.807) is 7.11 Å². The standard InChI is InChI=1S/C13H29NO3/c1-5-13(14-6-2)12(3)17-11-10-16-9-7-8-15-4/h12-14H,5-11H2,1-4H3. The van der Waals surface area contributed by atoms with E-state index in [-0.39, 0.29) is 6.10 Å². The van der Waals surface area contributed by atoms with E-state index in [0.717, 1.165) is 32.6 Å². The van der Waals surface area contributed by atoms with Crippen LogP contribution >= 0.6 is 0 Å². The van der Waals surface area contributed by atoms with Crippen molar-refractivity contribution in [1.29, 1.82) is 0 Å². The molecule has 2 unspecified atom stereocenters. The molecule has 0 saturated heterocycles. The SMILES string of the molecule is CCNC(CC)C(C)OCCOCCCOC. The van der Waals surface area contributed by atoms with Crippen molar-refractivity contribution in [2.75, 3.05) is 40.1 Å². The van der Waals surface area contributed by atoms with E-state index in [9.17, 15) is 0 Å². The highest BCUT2D eigenvalue weighted by Gasteiger charge is 2.13. The molecule has 0 fully saturated rings. The fourth-order valence-corrected chi connectivity index (χ4v) is 1.72. The van der Waals surface area contributed by atoms with Gasteiger partial charge in [0.1, 0.15) is 0 Å². The fourth-order valence-electron chi connectivity index (χ4n) is 1.72. The Morgan fingerprint density at radius 2 is 1.82 bits per heavy atom. The van der Waals surface area contributed by atoms with E-state index in [0.29, 0.717) is 19.3 Å². The normalized spacial score (nSPS) is 14.8. The summed E-state index contributed by atoms with van der Waals surface area (Å²) in [6.45, 7) is 10.2. The van der Waals surface area contributed by atoms with E-state index >= 15 is 0 Å². The van der Waals surface area contributed by atoms with Crippen LogP contribution in [0.15, 0.2) is 0 Å². The van der Waals surface area contributed by atoms with Crippen molar-refractivity contribution in [3.05, 3.63) is 0 Å². The molecule has 1 N–H and O–H groups in total. The Bertz CT molecular complexity index is 156. The Hall–Kier alpha value is -0.160. The molecule has 0 aromatic rings. The molecule has 0 spiro atoms. The molecular formula is C13H29NO3. The minimum atomic E-state index is 0.238. The van der Waals surface area contributed by atoms with Crippen LogP contribution in [0.4, 0.5) is 0 Å². The van der Waals surface area contributed by atoms with E-state index < -0.39 is 0 Å². The molecule has 4 heteroatoms. The number of likely N-dealkylation sites (N-methyl/N-ethyl adjacent to an activating group) is 1. The van der Waals surface area contributed by atoms with E-state index in [1.165, 1.54) is 0 Å². The lowest BCUT2D eigenvalue weighted by molar-refractivity contribution is -0.00622. The van der Waals surface area contributed by atoms with Crippen LogP contribution in [0.2, 0.25) is 0 Å². The van der Waals surface area contributed by atoms with Gasteiger partial charge >= 0.3 is 0 Å². The summed E-state index contributed by atoms with van der Waals surface area (Å²) in [6, 6.07) is 0.438. The van der Waals surface area contributed by atoms with Gasteiger partial charge in [-0.25, -0.2) is 0 Å². The molecule has 104 valence electrons. The maximum atomic E-state index is 5.74. The van der Waals surface area contributed by atoms with E-state index in [1.807, 2.05) is 0 Å². The predicted octanol–water partition coefficient (Wildman–Crippen LogP) is 1.83. The molecular weight excluding hydrogens is 218 g/mol. The smallest absolute Gasteiger partial charge is 0.0704 e. The molecule has 4 nitrogen and oxygen atoms in total. The number of rotatable bonds is 12. The number of hydrogen-bond acceptors (Lipinski definition) is 4. The van der Waals surface area contributed by atoms with Crippen molar-refractivity contribution in [3.8, 4) is 0 Å². The summed E-state index contributed by atoms with van der Waals surface area (Å²) in [5.74, 6) is 0. The first-order chi connectivity index (χ1) is 8.26. The number of ether oxygens (including phenoxy) is 3. The first kappa shape index (κ1) is 16.8. The molecule has 0 radical (unpaired) electrons. The fraction of sp³-hybridized carbons (Fsp3) is 1.00. The van der Waals surface area contributed by atoms with Gasteiger partial charge in [0.15, 0.2) is 0 Å². The molecule has 0 heterocycles. The molecule has 0 amide bonds. The number of nitrogens with one attached hydrogen (secondary N) is 1. The van der Waals surface area contributed by atoms with Gasteiger partial charge in [-0.15, -0.1) is 0 Å².